The number of carboxylic acids is 1. The molecular formula is C19H20FN3O3. The van der Waals surface area contributed by atoms with Crippen molar-refractivity contribution in [3.05, 3.63) is 47.7 Å². The van der Waals surface area contributed by atoms with Crippen molar-refractivity contribution in [3.63, 3.8) is 0 Å². The van der Waals surface area contributed by atoms with E-state index in [1.807, 2.05) is 4.90 Å². The van der Waals surface area contributed by atoms with Crippen molar-refractivity contribution in [2.45, 2.75) is 26.2 Å². The van der Waals surface area contributed by atoms with Gasteiger partial charge in [-0.2, -0.15) is 0 Å². The molecule has 1 saturated heterocycles. The molecule has 1 aliphatic rings. The third kappa shape index (κ3) is 4.04. The van der Waals surface area contributed by atoms with Crippen LogP contribution in [0.3, 0.4) is 0 Å². The van der Waals surface area contributed by atoms with Gasteiger partial charge in [0.15, 0.2) is 0 Å². The van der Waals surface area contributed by atoms with E-state index in [1.54, 1.807) is 13.0 Å². The van der Waals surface area contributed by atoms with E-state index < -0.39 is 11.8 Å². The van der Waals surface area contributed by atoms with Gasteiger partial charge in [0, 0.05) is 31.3 Å². The van der Waals surface area contributed by atoms with Crippen LogP contribution < -0.4 is 0 Å². The van der Waals surface area contributed by atoms with Crippen molar-refractivity contribution >= 4 is 11.9 Å². The quantitative estimate of drug-likeness (QED) is 0.910. The average Bonchev–Trinajstić information content (AvgIpc) is 2.62. The average molecular weight is 357 g/mol. The van der Waals surface area contributed by atoms with Crippen LogP contribution in [-0.4, -0.2) is 44.9 Å². The van der Waals surface area contributed by atoms with Crippen LogP contribution in [0.5, 0.6) is 0 Å². The lowest BCUT2D eigenvalue weighted by Crippen LogP contribution is -2.39. The normalized spacial score (nSPS) is 17.2. The minimum absolute atomic E-state index is 0.00327. The predicted molar refractivity (Wildman–Crippen MR) is 93.1 cm³/mol. The minimum atomic E-state index is -1.13. The van der Waals surface area contributed by atoms with E-state index >= 15 is 0 Å². The van der Waals surface area contributed by atoms with Crippen molar-refractivity contribution in [2.24, 2.45) is 5.92 Å². The first-order valence-electron chi connectivity index (χ1n) is 8.53. The number of halogens is 1. The second kappa shape index (κ2) is 7.59. The van der Waals surface area contributed by atoms with E-state index in [1.165, 1.54) is 18.5 Å². The van der Waals surface area contributed by atoms with Crippen LogP contribution >= 0.6 is 0 Å². The van der Waals surface area contributed by atoms with Crippen LogP contribution in [0.2, 0.25) is 0 Å². The van der Waals surface area contributed by atoms with Crippen molar-refractivity contribution < 1.29 is 19.1 Å². The van der Waals surface area contributed by atoms with E-state index in [4.69, 9.17) is 0 Å². The molecule has 1 aromatic carbocycles. The molecule has 0 saturated carbocycles. The Labute approximate surface area is 150 Å². The first kappa shape index (κ1) is 18.0. The molecule has 6 nitrogen and oxygen atoms in total. The first-order valence-corrected chi connectivity index (χ1v) is 8.53. The fourth-order valence-corrected chi connectivity index (χ4v) is 3.38. The molecule has 3 rings (SSSR count). The van der Waals surface area contributed by atoms with Gasteiger partial charge in [0.25, 0.3) is 0 Å². The molecule has 1 N–H and O–H groups in total. The highest BCUT2D eigenvalue weighted by Crippen LogP contribution is 2.25. The van der Waals surface area contributed by atoms with Crippen molar-refractivity contribution in [1.82, 2.24) is 14.9 Å². The SMILES string of the molecule is CC(=O)N1CCCC(Cc2cc(-c3cc(F)ccc3C(=O)O)ncn2)C1. The van der Waals surface area contributed by atoms with Gasteiger partial charge in [0.2, 0.25) is 5.91 Å². The maximum Gasteiger partial charge on any atom is 0.336 e. The lowest BCUT2D eigenvalue weighted by molar-refractivity contribution is -0.130. The number of carbonyl (C=O) groups excluding carboxylic acids is 1. The second-order valence-corrected chi connectivity index (χ2v) is 6.57. The van der Waals surface area contributed by atoms with Crippen LogP contribution in [0.15, 0.2) is 30.6 Å². The Kier molecular flexibility index (Phi) is 5.25. The third-order valence-corrected chi connectivity index (χ3v) is 4.67. The molecule has 1 atom stereocenters. The summed E-state index contributed by atoms with van der Waals surface area (Å²) in [6, 6.07) is 5.23. The molecular weight excluding hydrogens is 337 g/mol. The van der Waals surface area contributed by atoms with Gasteiger partial charge >= 0.3 is 5.97 Å². The number of rotatable bonds is 4. The van der Waals surface area contributed by atoms with Crippen molar-refractivity contribution in [1.29, 1.82) is 0 Å². The van der Waals surface area contributed by atoms with Gasteiger partial charge in [-0.15, -0.1) is 0 Å². The smallest absolute Gasteiger partial charge is 0.336 e. The minimum Gasteiger partial charge on any atom is -0.478 e. The summed E-state index contributed by atoms with van der Waals surface area (Å²) in [7, 11) is 0. The summed E-state index contributed by atoms with van der Waals surface area (Å²) in [5.74, 6) is -1.29. The molecule has 1 aromatic heterocycles. The van der Waals surface area contributed by atoms with Crippen LogP contribution in [0.1, 0.15) is 35.8 Å². The zero-order chi connectivity index (χ0) is 18.7. The maximum atomic E-state index is 13.6. The summed E-state index contributed by atoms with van der Waals surface area (Å²) in [4.78, 5) is 33.2. The van der Waals surface area contributed by atoms with Gasteiger partial charge in [-0.1, -0.05) is 0 Å². The topological polar surface area (TPSA) is 83.4 Å². The molecule has 0 radical (unpaired) electrons. The standard InChI is InChI=1S/C19H20FN3O3/c1-12(24)23-6-2-3-13(10-23)7-15-9-18(22-11-21-15)17-8-14(20)4-5-16(17)19(25)26/h4-5,8-9,11,13H,2-3,6-7,10H2,1H3,(H,25,26). The Bertz CT molecular complexity index is 841. The van der Waals surface area contributed by atoms with Crippen LogP contribution in [0, 0.1) is 11.7 Å². The number of piperidine rings is 1. The highest BCUT2D eigenvalue weighted by Gasteiger charge is 2.22. The Morgan fingerprint density at radius 1 is 1.31 bits per heavy atom. The number of hydrogen-bond acceptors (Lipinski definition) is 4. The predicted octanol–water partition coefficient (Wildman–Crippen LogP) is 2.78. The molecule has 2 aromatic rings. The fourth-order valence-electron chi connectivity index (χ4n) is 3.38. The molecule has 0 aliphatic carbocycles. The highest BCUT2D eigenvalue weighted by atomic mass is 19.1. The lowest BCUT2D eigenvalue weighted by atomic mass is 9.92. The van der Waals surface area contributed by atoms with Crippen molar-refractivity contribution in [3.8, 4) is 11.3 Å². The fraction of sp³-hybridized carbons (Fsp3) is 0.368. The van der Waals surface area contributed by atoms with Gasteiger partial charge in [-0.05, 0) is 49.4 Å². The molecule has 0 bridgehead atoms. The summed E-state index contributed by atoms with van der Waals surface area (Å²) in [5, 5.41) is 9.33. The zero-order valence-corrected chi connectivity index (χ0v) is 14.5. The molecule has 2 heterocycles. The summed E-state index contributed by atoms with van der Waals surface area (Å²) >= 11 is 0. The number of likely N-dealkylation sites (tertiary alicyclic amines) is 1. The Morgan fingerprint density at radius 2 is 2.12 bits per heavy atom. The van der Waals surface area contributed by atoms with Gasteiger partial charge in [-0.3, -0.25) is 4.79 Å². The summed E-state index contributed by atoms with van der Waals surface area (Å²) < 4.78 is 13.6. The molecule has 1 amide bonds. The number of carbonyl (C=O) groups is 2. The zero-order valence-electron chi connectivity index (χ0n) is 14.5. The van der Waals surface area contributed by atoms with Gasteiger partial charge < -0.3 is 10.0 Å². The van der Waals surface area contributed by atoms with E-state index in [9.17, 15) is 19.1 Å². The number of aromatic carboxylic acids is 1. The molecule has 1 unspecified atom stereocenters. The molecule has 1 fully saturated rings. The van der Waals surface area contributed by atoms with Crippen LogP contribution in [-0.2, 0) is 11.2 Å². The van der Waals surface area contributed by atoms with Gasteiger partial charge in [0.1, 0.15) is 12.1 Å². The van der Waals surface area contributed by atoms with E-state index in [0.717, 1.165) is 31.1 Å². The number of hydrogen-bond donors (Lipinski definition) is 1. The number of aromatic nitrogens is 2. The number of nitrogens with zero attached hydrogens (tertiary/aromatic N) is 3. The third-order valence-electron chi connectivity index (χ3n) is 4.67. The van der Waals surface area contributed by atoms with Gasteiger partial charge in [0.05, 0.1) is 11.3 Å². The lowest BCUT2D eigenvalue weighted by Gasteiger charge is -2.32. The molecule has 136 valence electrons. The molecule has 26 heavy (non-hydrogen) atoms. The second-order valence-electron chi connectivity index (χ2n) is 6.57. The Morgan fingerprint density at radius 3 is 2.85 bits per heavy atom. The monoisotopic (exact) mass is 357 g/mol. The summed E-state index contributed by atoms with van der Waals surface area (Å²) in [6.45, 7) is 3.05. The number of carboxylic acid groups (broad SMARTS) is 1. The van der Waals surface area contributed by atoms with E-state index in [-0.39, 0.29) is 17.0 Å². The van der Waals surface area contributed by atoms with E-state index in [2.05, 4.69) is 9.97 Å². The molecule has 7 heteroatoms. The van der Waals surface area contributed by atoms with E-state index in [0.29, 0.717) is 24.6 Å². The maximum absolute atomic E-state index is 13.6. The first-order chi connectivity index (χ1) is 12.4. The Hall–Kier alpha value is -2.83. The molecule has 0 spiro atoms. The number of benzene rings is 1. The summed E-state index contributed by atoms with van der Waals surface area (Å²) in [6.07, 6.45) is 3.99. The summed E-state index contributed by atoms with van der Waals surface area (Å²) in [5.41, 5.74) is 1.36. The largest absolute Gasteiger partial charge is 0.478 e. The van der Waals surface area contributed by atoms with Crippen molar-refractivity contribution in [2.75, 3.05) is 13.1 Å². The van der Waals surface area contributed by atoms with Gasteiger partial charge in [-0.25, -0.2) is 19.2 Å². The molecule has 1 aliphatic heterocycles. The number of amides is 1. The highest BCUT2D eigenvalue weighted by molar-refractivity contribution is 5.95. The van der Waals surface area contributed by atoms with Crippen LogP contribution in [0.25, 0.3) is 11.3 Å². The van der Waals surface area contributed by atoms with Crippen LogP contribution in [0.4, 0.5) is 4.39 Å². The Balaban J connectivity index is 1.84.